The van der Waals surface area contributed by atoms with E-state index in [0.717, 1.165) is 18.2 Å². The molecule has 27 heavy (non-hydrogen) atoms. The van der Waals surface area contributed by atoms with E-state index in [-0.39, 0.29) is 17.2 Å². The van der Waals surface area contributed by atoms with Gasteiger partial charge < -0.3 is 10.4 Å². The van der Waals surface area contributed by atoms with E-state index in [1.54, 1.807) is 12.1 Å². The fourth-order valence-electron chi connectivity index (χ4n) is 2.20. The lowest BCUT2D eigenvalue weighted by atomic mass is 10.1. The number of amides is 1. The maximum atomic E-state index is 13.5. The summed E-state index contributed by atoms with van der Waals surface area (Å²) in [6.45, 7) is 4.26. The summed E-state index contributed by atoms with van der Waals surface area (Å²) in [6, 6.07) is 8.43. The van der Waals surface area contributed by atoms with Crippen molar-refractivity contribution in [3.8, 4) is 0 Å². The zero-order valence-corrected chi connectivity index (χ0v) is 15.5. The Morgan fingerprint density at radius 2 is 1.78 bits per heavy atom. The first-order valence-corrected chi connectivity index (χ1v) is 9.53. The highest BCUT2D eigenvalue weighted by molar-refractivity contribution is 7.92. The Morgan fingerprint density at radius 3 is 2.41 bits per heavy atom. The third kappa shape index (κ3) is 5.04. The molecule has 3 N–H and O–H groups in total. The number of halogens is 1. The lowest BCUT2D eigenvalue weighted by Crippen LogP contribution is -2.28. The molecule has 0 bridgehead atoms. The number of carboxylic acids is 1. The molecule has 1 amide bonds. The SMILES string of the molecule is CC(C)CNC(=O)c1ccccc1NS(=O)(=O)c1ccc(F)c(C(=O)O)c1. The summed E-state index contributed by atoms with van der Waals surface area (Å²) in [5, 5.41) is 11.7. The molecule has 0 spiro atoms. The Hall–Kier alpha value is -2.94. The number of para-hydroxylation sites is 1. The number of aromatic carboxylic acids is 1. The summed E-state index contributed by atoms with van der Waals surface area (Å²) in [5.41, 5.74) is -0.622. The molecule has 0 radical (unpaired) electrons. The second-order valence-corrected chi connectivity index (χ2v) is 7.88. The lowest BCUT2D eigenvalue weighted by molar-refractivity contribution is 0.0691. The summed E-state index contributed by atoms with van der Waals surface area (Å²) in [5.74, 6) is -2.87. The van der Waals surface area contributed by atoms with Gasteiger partial charge in [-0.25, -0.2) is 17.6 Å². The average Bonchev–Trinajstić information content (AvgIpc) is 2.59. The van der Waals surface area contributed by atoms with Crippen LogP contribution in [0.5, 0.6) is 0 Å². The number of carbonyl (C=O) groups is 2. The monoisotopic (exact) mass is 394 g/mol. The van der Waals surface area contributed by atoms with Gasteiger partial charge in [-0.15, -0.1) is 0 Å². The Kier molecular flexibility index (Phi) is 6.17. The second kappa shape index (κ2) is 8.17. The average molecular weight is 394 g/mol. The van der Waals surface area contributed by atoms with Gasteiger partial charge in [0.2, 0.25) is 0 Å². The van der Waals surface area contributed by atoms with Crippen LogP contribution in [0.25, 0.3) is 0 Å². The fraction of sp³-hybridized carbons (Fsp3) is 0.222. The molecule has 7 nitrogen and oxygen atoms in total. The van der Waals surface area contributed by atoms with Crippen molar-refractivity contribution in [2.75, 3.05) is 11.3 Å². The molecule has 9 heteroatoms. The summed E-state index contributed by atoms with van der Waals surface area (Å²) in [7, 11) is -4.23. The molecule has 2 aromatic carbocycles. The molecule has 0 atom stereocenters. The standard InChI is InChI=1S/C18H19FN2O5S/c1-11(2)10-20-17(22)13-5-3-4-6-16(13)21-27(25,26)12-7-8-15(19)14(9-12)18(23)24/h3-9,11,21H,10H2,1-2H3,(H,20,22)(H,23,24). The highest BCUT2D eigenvalue weighted by atomic mass is 32.2. The van der Waals surface area contributed by atoms with Gasteiger partial charge in [-0.2, -0.15) is 0 Å². The fourth-order valence-corrected chi connectivity index (χ4v) is 3.31. The van der Waals surface area contributed by atoms with Crippen LogP contribution in [0.3, 0.4) is 0 Å². The van der Waals surface area contributed by atoms with Gasteiger partial charge in [-0.05, 0) is 36.2 Å². The Morgan fingerprint density at radius 1 is 1.11 bits per heavy atom. The van der Waals surface area contributed by atoms with Crippen molar-refractivity contribution >= 4 is 27.6 Å². The van der Waals surface area contributed by atoms with Crippen molar-refractivity contribution in [1.29, 1.82) is 0 Å². The van der Waals surface area contributed by atoms with Gasteiger partial charge in [0.15, 0.2) is 0 Å². The maximum Gasteiger partial charge on any atom is 0.338 e. The van der Waals surface area contributed by atoms with Crippen LogP contribution in [0.2, 0.25) is 0 Å². The number of carbonyl (C=O) groups excluding carboxylic acids is 1. The Labute approximate surface area is 156 Å². The summed E-state index contributed by atoms with van der Waals surface area (Å²) in [6.07, 6.45) is 0. The van der Waals surface area contributed by atoms with E-state index in [2.05, 4.69) is 10.0 Å². The van der Waals surface area contributed by atoms with Crippen molar-refractivity contribution in [3.05, 3.63) is 59.4 Å². The van der Waals surface area contributed by atoms with Crippen LogP contribution < -0.4 is 10.0 Å². The maximum absolute atomic E-state index is 13.5. The first-order valence-electron chi connectivity index (χ1n) is 8.04. The van der Waals surface area contributed by atoms with Gasteiger partial charge >= 0.3 is 5.97 Å². The van der Waals surface area contributed by atoms with Gasteiger partial charge in [-0.1, -0.05) is 26.0 Å². The van der Waals surface area contributed by atoms with Crippen LogP contribution in [-0.4, -0.2) is 31.9 Å². The normalized spacial score (nSPS) is 11.3. The summed E-state index contributed by atoms with van der Waals surface area (Å²) >= 11 is 0. The topological polar surface area (TPSA) is 113 Å². The molecule has 0 unspecified atom stereocenters. The quantitative estimate of drug-likeness (QED) is 0.668. The number of nitrogens with one attached hydrogen (secondary N) is 2. The number of carboxylic acid groups (broad SMARTS) is 1. The van der Waals surface area contributed by atoms with Crippen molar-refractivity contribution in [2.45, 2.75) is 18.7 Å². The van der Waals surface area contributed by atoms with Crippen molar-refractivity contribution in [2.24, 2.45) is 5.92 Å². The first kappa shape index (κ1) is 20.4. The molecule has 0 aromatic heterocycles. The minimum atomic E-state index is -4.23. The molecule has 0 fully saturated rings. The molecular weight excluding hydrogens is 375 g/mol. The minimum Gasteiger partial charge on any atom is -0.478 e. The third-order valence-corrected chi connectivity index (χ3v) is 4.93. The Bertz CT molecular complexity index is 973. The molecule has 2 rings (SSSR count). The molecule has 0 aliphatic heterocycles. The molecular formula is C18H19FN2O5S. The molecule has 144 valence electrons. The van der Waals surface area contributed by atoms with Crippen molar-refractivity contribution in [3.63, 3.8) is 0 Å². The van der Waals surface area contributed by atoms with Gasteiger partial charge in [0.1, 0.15) is 5.82 Å². The predicted octanol–water partition coefficient (Wildman–Crippen LogP) is 2.71. The molecule has 0 heterocycles. The third-order valence-electron chi connectivity index (χ3n) is 3.57. The van der Waals surface area contributed by atoms with Gasteiger partial charge in [0.25, 0.3) is 15.9 Å². The Balaban J connectivity index is 2.35. The van der Waals surface area contributed by atoms with E-state index in [4.69, 9.17) is 5.11 Å². The highest BCUT2D eigenvalue weighted by Crippen LogP contribution is 2.22. The second-order valence-electron chi connectivity index (χ2n) is 6.20. The van der Waals surface area contributed by atoms with Crippen molar-refractivity contribution < 1.29 is 27.5 Å². The highest BCUT2D eigenvalue weighted by Gasteiger charge is 2.21. The predicted molar refractivity (Wildman–Crippen MR) is 97.8 cm³/mol. The van der Waals surface area contributed by atoms with E-state index in [1.807, 2.05) is 13.8 Å². The van der Waals surface area contributed by atoms with Crippen molar-refractivity contribution in [1.82, 2.24) is 5.32 Å². The van der Waals surface area contributed by atoms with Gasteiger partial charge in [0, 0.05) is 6.54 Å². The summed E-state index contributed by atoms with van der Waals surface area (Å²) < 4.78 is 40.9. The largest absolute Gasteiger partial charge is 0.478 e. The van der Waals surface area contributed by atoms with E-state index in [0.29, 0.717) is 6.54 Å². The van der Waals surface area contributed by atoms with Crippen LogP contribution in [0.15, 0.2) is 47.4 Å². The number of hydrogen-bond acceptors (Lipinski definition) is 4. The van der Waals surface area contributed by atoms with Crippen LogP contribution >= 0.6 is 0 Å². The van der Waals surface area contributed by atoms with Gasteiger partial charge in [-0.3, -0.25) is 9.52 Å². The smallest absolute Gasteiger partial charge is 0.338 e. The number of anilines is 1. The van der Waals surface area contributed by atoms with Crippen LogP contribution in [0.4, 0.5) is 10.1 Å². The van der Waals surface area contributed by atoms with Crippen LogP contribution in [-0.2, 0) is 10.0 Å². The number of benzene rings is 2. The summed E-state index contributed by atoms with van der Waals surface area (Å²) in [4.78, 5) is 22.9. The van der Waals surface area contributed by atoms with Crippen LogP contribution in [0.1, 0.15) is 34.6 Å². The number of hydrogen-bond donors (Lipinski definition) is 3. The van der Waals surface area contributed by atoms with Gasteiger partial charge in [0.05, 0.1) is 21.7 Å². The number of rotatable bonds is 7. The molecule has 0 saturated carbocycles. The first-order chi connectivity index (χ1) is 12.6. The lowest BCUT2D eigenvalue weighted by Gasteiger charge is -2.14. The molecule has 0 saturated heterocycles. The van der Waals surface area contributed by atoms with E-state index in [1.165, 1.54) is 12.1 Å². The van der Waals surface area contributed by atoms with E-state index >= 15 is 0 Å². The van der Waals surface area contributed by atoms with Crippen LogP contribution in [0, 0.1) is 11.7 Å². The van der Waals surface area contributed by atoms with E-state index < -0.39 is 38.2 Å². The molecule has 0 aliphatic carbocycles. The minimum absolute atomic E-state index is 0.0277. The zero-order valence-electron chi connectivity index (χ0n) is 14.7. The molecule has 0 aliphatic rings. The number of sulfonamides is 1. The molecule has 2 aromatic rings. The zero-order chi connectivity index (χ0) is 20.2. The van der Waals surface area contributed by atoms with E-state index in [9.17, 15) is 22.4 Å².